The lowest BCUT2D eigenvalue weighted by molar-refractivity contribution is 0.103. The number of para-hydroxylation sites is 1. The van der Waals surface area contributed by atoms with Crippen molar-refractivity contribution in [2.24, 2.45) is 0 Å². The molecule has 0 fully saturated rings. The molecule has 0 aliphatic carbocycles. The fourth-order valence-corrected chi connectivity index (χ4v) is 2.34. The number of H-pyrrole nitrogens is 1. The summed E-state index contributed by atoms with van der Waals surface area (Å²) in [6.45, 7) is 1.90. The molecule has 94 valence electrons. The Balaban J connectivity index is 2.16. The number of pyridine rings is 1. The van der Waals surface area contributed by atoms with Crippen molar-refractivity contribution in [3.63, 3.8) is 0 Å². The van der Waals surface area contributed by atoms with Gasteiger partial charge in [-0.3, -0.25) is 4.79 Å². The zero-order valence-corrected chi connectivity index (χ0v) is 11.0. The second-order valence-electron chi connectivity index (χ2n) is 4.37. The molecular formula is C15H11ClN2O. The maximum Gasteiger partial charge on any atom is 0.196 e. The number of hydrogen-bond acceptors (Lipinski definition) is 2. The molecule has 0 saturated heterocycles. The number of nitrogens with one attached hydrogen (secondary N) is 1. The SMILES string of the molecule is Cc1[nH]c2ccccc2c1C(=O)c1ccc(Cl)nc1. The van der Waals surface area contributed by atoms with Crippen molar-refractivity contribution in [2.45, 2.75) is 6.92 Å². The molecule has 0 radical (unpaired) electrons. The van der Waals surface area contributed by atoms with Gasteiger partial charge in [0.05, 0.1) is 5.56 Å². The molecule has 1 N–H and O–H groups in total. The molecule has 0 unspecified atom stereocenters. The summed E-state index contributed by atoms with van der Waals surface area (Å²) >= 11 is 5.74. The number of aromatic amines is 1. The van der Waals surface area contributed by atoms with Crippen molar-refractivity contribution >= 4 is 28.3 Å². The van der Waals surface area contributed by atoms with Crippen LogP contribution in [-0.2, 0) is 0 Å². The van der Waals surface area contributed by atoms with E-state index < -0.39 is 0 Å². The lowest BCUT2D eigenvalue weighted by Gasteiger charge is -2.01. The molecule has 2 heterocycles. The third kappa shape index (κ3) is 2.02. The minimum Gasteiger partial charge on any atom is -0.358 e. The molecule has 0 aliphatic rings. The van der Waals surface area contributed by atoms with Crippen LogP contribution in [0.2, 0.25) is 5.15 Å². The Bertz CT molecular complexity index is 759. The average Bonchev–Trinajstić information content (AvgIpc) is 2.74. The maximum atomic E-state index is 12.6. The van der Waals surface area contributed by atoms with E-state index in [2.05, 4.69) is 9.97 Å². The monoisotopic (exact) mass is 270 g/mol. The lowest BCUT2D eigenvalue weighted by atomic mass is 10.0. The molecule has 1 aromatic carbocycles. The highest BCUT2D eigenvalue weighted by molar-refractivity contribution is 6.29. The standard InChI is InChI=1S/C15H11ClN2O/c1-9-14(11-4-2-3-5-12(11)18-9)15(19)10-6-7-13(16)17-8-10/h2-8,18H,1H3. The summed E-state index contributed by atoms with van der Waals surface area (Å²) < 4.78 is 0. The Kier molecular flexibility index (Phi) is 2.84. The highest BCUT2D eigenvalue weighted by Gasteiger charge is 2.17. The number of benzene rings is 1. The summed E-state index contributed by atoms with van der Waals surface area (Å²) in [5, 5.41) is 1.31. The molecule has 4 heteroatoms. The van der Waals surface area contributed by atoms with Crippen molar-refractivity contribution in [3.8, 4) is 0 Å². The summed E-state index contributed by atoms with van der Waals surface area (Å²) in [7, 11) is 0. The van der Waals surface area contributed by atoms with Crippen molar-refractivity contribution in [1.82, 2.24) is 9.97 Å². The molecule has 2 aromatic heterocycles. The molecule has 0 aliphatic heterocycles. The molecular weight excluding hydrogens is 260 g/mol. The second kappa shape index (κ2) is 4.52. The van der Waals surface area contributed by atoms with Gasteiger partial charge >= 0.3 is 0 Å². The first-order chi connectivity index (χ1) is 9.16. The van der Waals surface area contributed by atoms with E-state index in [0.29, 0.717) is 16.3 Å². The van der Waals surface area contributed by atoms with Gasteiger partial charge in [-0.2, -0.15) is 0 Å². The van der Waals surface area contributed by atoms with Crippen LogP contribution in [0.1, 0.15) is 21.6 Å². The van der Waals surface area contributed by atoms with E-state index >= 15 is 0 Å². The van der Waals surface area contributed by atoms with Gasteiger partial charge in [0.2, 0.25) is 0 Å². The van der Waals surface area contributed by atoms with Gasteiger partial charge in [-0.1, -0.05) is 29.8 Å². The number of ketones is 1. The Morgan fingerprint density at radius 2 is 2.00 bits per heavy atom. The van der Waals surface area contributed by atoms with Crippen LogP contribution >= 0.6 is 11.6 Å². The van der Waals surface area contributed by atoms with Crippen LogP contribution in [0.15, 0.2) is 42.6 Å². The lowest BCUT2D eigenvalue weighted by Crippen LogP contribution is -2.02. The van der Waals surface area contributed by atoms with Gasteiger partial charge in [0.1, 0.15) is 5.15 Å². The number of nitrogens with zero attached hydrogens (tertiary/aromatic N) is 1. The zero-order chi connectivity index (χ0) is 13.4. The molecule has 3 aromatic rings. The van der Waals surface area contributed by atoms with Gasteiger partial charge in [-0.05, 0) is 25.1 Å². The number of carbonyl (C=O) groups excluding carboxylic acids is 1. The second-order valence-corrected chi connectivity index (χ2v) is 4.76. The van der Waals surface area contributed by atoms with Crippen molar-refractivity contribution in [1.29, 1.82) is 0 Å². The topological polar surface area (TPSA) is 45.8 Å². The third-order valence-corrected chi connectivity index (χ3v) is 3.33. The van der Waals surface area contributed by atoms with E-state index in [1.807, 2.05) is 31.2 Å². The van der Waals surface area contributed by atoms with E-state index in [4.69, 9.17) is 11.6 Å². The fraction of sp³-hybridized carbons (Fsp3) is 0.0667. The Morgan fingerprint density at radius 3 is 2.74 bits per heavy atom. The minimum absolute atomic E-state index is 0.0425. The Morgan fingerprint density at radius 1 is 1.21 bits per heavy atom. The summed E-state index contributed by atoms with van der Waals surface area (Å²) in [6, 6.07) is 11.1. The fourth-order valence-electron chi connectivity index (χ4n) is 2.22. The van der Waals surface area contributed by atoms with Crippen LogP contribution in [0, 0.1) is 6.92 Å². The average molecular weight is 271 g/mol. The van der Waals surface area contributed by atoms with Gasteiger partial charge in [0, 0.05) is 28.4 Å². The van der Waals surface area contributed by atoms with E-state index in [1.165, 1.54) is 6.20 Å². The number of carbonyl (C=O) groups is 1. The zero-order valence-electron chi connectivity index (χ0n) is 10.3. The molecule has 0 spiro atoms. The van der Waals surface area contributed by atoms with Crippen LogP contribution in [0.5, 0.6) is 0 Å². The van der Waals surface area contributed by atoms with Crippen molar-refractivity contribution < 1.29 is 4.79 Å². The normalized spacial score (nSPS) is 10.8. The van der Waals surface area contributed by atoms with Crippen LogP contribution in [0.4, 0.5) is 0 Å². The first-order valence-corrected chi connectivity index (χ1v) is 6.28. The van der Waals surface area contributed by atoms with E-state index in [9.17, 15) is 4.79 Å². The van der Waals surface area contributed by atoms with Crippen LogP contribution in [-0.4, -0.2) is 15.8 Å². The van der Waals surface area contributed by atoms with E-state index in [-0.39, 0.29) is 5.78 Å². The van der Waals surface area contributed by atoms with Crippen molar-refractivity contribution in [2.75, 3.05) is 0 Å². The van der Waals surface area contributed by atoms with Gasteiger partial charge in [-0.25, -0.2) is 4.98 Å². The highest BCUT2D eigenvalue weighted by Crippen LogP contribution is 2.24. The first kappa shape index (κ1) is 11.9. The van der Waals surface area contributed by atoms with Gasteiger partial charge < -0.3 is 4.98 Å². The summed E-state index contributed by atoms with van der Waals surface area (Å²) in [6.07, 6.45) is 1.51. The number of hydrogen-bond donors (Lipinski definition) is 1. The summed E-state index contributed by atoms with van der Waals surface area (Å²) in [4.78, 5) is 19.7. The molecule has 3 nitrogen and oxygen atoms in total. The van der Waals surface area contributed by atoms with E-state index in [1.54, 1.807) is 12.1 Å². The van der Waals surface area contributed by atoms with Crippen LogP contribution in [0.25, 0.3) is 10.9 Å². The molecule has 0 saturated carbocycles. The molecule has 0 bridgehead atoms. The number of aromatic nitrogens is 2. The van der Waals surface area contributed by atoms with Gasteiger partial charge in [-0.15, -0.1) is 0 Å². The summed E-state index contributed by atoms with van der Waals surface area (Å²) in [5.41, 5.74) is 3.06. The number of halogens is 1. The van der Waals surface area contributed by atoms with Crippen LogP contribution in [0.3, 0.4) is 0 Å². The van der Waals surface area contributed by atoms with Gasteiger partial charge in [0.25, 0.3) is 0 Å². The Hall–Kier alpha value is -2.13. The van der Waals surface area contributed by atoms with Crippen molar-refractivity contribution in [3.05, 3.63) is 64.6 Å². The number of rotatable bonds is 2. The molecule has 0 amide bonds. The maximum absolute atomic E-state index is 12.6. The van der Waals surface area contributed by atoms with Gasteiger partial charge in [0.15, 0.2) is 5.78 Å². The molecule has 19 heavy (non-hydrogen) atoms. The quantitative estimate of drug-likeness (QED) is 0.569. The van der Waals surface area contributed by atoms with Crippen LogP contribution < -0.4 is 0 Å². The number of aryl methyl sites for hydroxylation is 1. The predicted octanol–water partition coefficient (Wildman–Crippen LogP) is 3.76. The predicted molar refractivity (Wildman–Crippen MR) is 75.7 cm³/mol. The molecule has 0 atom stereocenters. The number of fused-ring (bicyclic) bond motifs is 1. The minimum atomic E-state index is -0.0425. The van der Waals surface area contributed by atoms with E-state index in [0.717, 1.165) is 16.6 Å². The first-order valence-electron chi connectivity index (χ1n) is 5.90. The third-order valence-electron chi connectivity index (χ3n) is 3.11. The molecule has 3 rings (SSSR count). The Labute approximate surface area is 115 Å². The smallest absolute Gasteiger partial charge is 0.196 e. The summed E-state index contributed by atoms with van der Waals surface area (Å²) in [5.74, 6) is -0.0425. The largest absolute Gasteiger partial charge is 0.358 e. The highest BCUT2D eigenvalue weighted by atomic mass is 35.5.